The van der Waals surface area contributed by atoms with E-state index in [1.807, 2.05) is 17.2 Å². The predicted octanol–water partition coefficient (Wildman–Crippen LogP) is 5.33. The maximum absolute atomic E-state index is 12.8. The number of fused-ring (bicyclic) bond motifs is 1. The molecule has 0 bridgehead atoms. The molecule has 1 amide bonds. The number of aryl methyl sites for hydroxylation is 1. The molecule has 0 saturated carbocycles. The molecule has 2 aromatic carbocycles. The van der Waals surface area contributed by atoms with Crippen molar-refractivity contribution in [3.63, 3.8) is 0 Å². The Morgan fingerprint density at radius 3 is 2.61 bits per heavy atom. The topological polar surface area (TPSA) is 60.9 Å². The van der Waals surface area contributed by atoms with Gasteiger partial charge in [0.15, 0.2) is 0 Å². The summed E-state index contributed by atoms with van der Waals surface area (Å²) in [6, 6.07) is 17.2. The van der Waals surface area contributed by atoms with Crippen molar-refractivity contribution in [2.75, 3.05) is 40.0 Å². The van der Waals surface area contributed by atoms with Crippen molar-refractivity contribution in [3.05, 3.63) is 65.9 Å². The fraction of sp³-hybridized carbons (Fsp3) is 0.467. The summed E-state index contributed by atoms with van der Waals surface area (Å²) in [5.74, 6) is 0.514. The molecule has 2 atom stereocenters. The monoisotopic (exact) mass is 488 g/mol. The van der Waals surface area contributed by atoms with Crippen molar-refractivity contribution in [1.82, 2.24) is 9.88 Å². The second-order valence-electron chi connectivity index (χ2n) is 9.88. The molecule has 1 aromatic heterocycles. The number of aromatic nitrogens is 1. The molecule has 2 saturated heterocycles. The van der Waals surface area contributed by atoms with Crippen molar-refractivity contribution in [1.29, 1.82) is 0 Å². The summed E-state index contributed by atoms with van der Waals surface area (Å²) in [7, 11) is 1.70. The highest BCUT2D eigenvalue weighted by molar-refractivity contribution is 5.88. The highest BCUT2D eigenvalue weighted by Crippen LogP contribution is 2.36. The lowest BCUT2D eigenvalue weighted by molar-refractivity contribution is -0.143. The Kier molecular flexibility index (Phi) is 7.95. The molecular formula is C30H36N2O4. The first kappa shape index (κ1) is 24.9. The lowest BCUT2D eigenvalue weighted by Crippen LogP contribution is -2.44. The van der Waals surface area contributed by atoms with Crippen LogP contribution in [0.4, 0.5) is 0 Å². The number of carbonyl (C=O) groups is 1. The Bertz CT molecular complexity index is 1170. The Morgan fingerprint density at radius 1 is 1.08 bits per heavy atom. The number of benzene rings is 2. The fourth-order valence-corrected chi connectivity index (χ4v) is 5.62. The van der Waals surface area contributed by atoms with Crippen molar-refractivity contribution in [2.45, 2.75) is 44.8 Å². The maximum Gasteiger partial charge on any atom is 0.251 e. The Balaban J connectivity index is 1.31. The van der Waals surface area contributed by atoms with E-state index in [9.17, 15) is 4.79 Å². The third kappa shape index (κ3) is 5.31. The Hall–Kier alpha value is -2.80. The first-order chi connectivity index (χ1) is 17.7. The number of hydrogen-bond acceptors (Lipinski definition) is 5. The zero-order valence-corrected chi connectivity index (χ0v) is 21.3. The van der Waals surface area contributed by atoms with Crippen LogP contribution in [0.25, 0.3) is 22.0 Å². The molecule has 3 heterocycles. The van der Waals surface area contributed by atoms with Crippen LogP contribution in [0.15, 0.2) is 54.7 Å². The number of likely N-dealkylation sites (tertiary alicyclic amines) is 1. The number of nitrogens with zero attached hydrogens (tertiary/aromatic N) is 2. The lowest BCUT2D eigenvalue weighted by Gasteiger charge is -2.37. The number of amides is 1. The third-order valence-corrected chi connectivity index (χ3v) is 7.65. The maximum atomic E-state index is 12.8. The summed E-state index contributed by atoms with van der Waals surface area (Å²) >= 11 is 0. The highest BCUT2D eigenvalue weighted by Gasteiger charge is 2.34. The van der Waals surface area contributed by atoms with Crippen LogP contribution >= 0.6 is 0 Å². The second kappa shape index (κ2) is 11.5. The van der Waals surface area contributed by atoms with Gasteiger partial charge in [-0.1, -0.05) is 42.5 Å². The van der Waals surface area contributed by atoms with Gasteiger partial charge in [0.1, 0.15) is 6.10 Å². The SMILES string of the molecule is COCCOC(c1ccc(-c2ccc3cccnc3c2C)cc1)C1CCN(C(=O)C2CCCO2)CC1. The van der Waals surface area contributed by atoms with Gasteiger partial charge < -0.3 is 19.1 Å². The minimum absolute atomic E-state index is 0.0199. The second-order valence-corrected chi connectivity index (χ2v) is 9.88. The van der Waals surface area contributed by atoms with Gasteiger partial charge in [-0.2, -0.15) is 0 Å². The number of piperidine rings is 1. The van der Waals surface area contributed by atoms with Gasteiger partial charge in [0.2, 0.25) is 0 Å². The van der Waals surface area contributed by atoms with Gasteiger partial charge in [-0.3, -0.25) is 9.78 Å². The molecule has 5 rings (SSSR count). The smallest absolute Gasteiger partial charge is 0.251 e. The number of rotatable bonds is 8. The first-order valence-corrected chi connectivity index (χ1v) is 13.1. The van der Waals surface area contributed by atoms with Gasteiger partial charge >= 0.3 is 0 Å². The lowest BCUT2D eigenvalue weighted by atomic mass is 9.86. The van der Waals surface area contributed by atoms with Crippen LogP contribution in [-0.4, -0.2) is 61.9 Å². The van der Waals surface area contributed by atoms with Crippen molar-refractivity contribution < 1.29 is 19.0 Å². The molecule has 0 radical (unpaired) electrons. The largest absolute Gasteiger partial charge is 0.382 e. The van der Waals surface area contributed by atoms with E-state index in [1.54, 1.807) is 7.11 Å². The first-order valence-electron chi connectivity index (χ1n) is 13.1. The highest BCUT2D eigenvalue weighted by atomic mass is 16.5. The number of ether oxygens (including phenoxy) is 3. The summed E-state index contributed by atoms with van der Waals surface area (Å²) < 4.78 is 17.2. The minimum Gasteiger partial charge on any atom is -0.382 e. The number of hydrogen-bond donors (Lipinski definition) is 0. The molecule has 2 aliphatic heterocycles. The van der Waals surface area contributed by atoms with Gasteiger partial charge in [0.25, 0.3) is 5.91 Å². The van der Waals surface area contributed by atoms with Gasteiger partial charge in [-0.05, 0) is 66.8 Å². The molecule has 0 aliphatic carbocycles. The molecule has 190 valence electrons. The summed E-state index contributed by atoms with van der Waals surface area (Å²) in [6.45, 7) is 5.47. The van der Waals surface area contributed by atoms with E-state index in [-0.39, 0.29) is 18.1 Å². The van der Waals surface area contributed by atoms with Crippen LogP contribution in [0.3, 0.4) is 0 Å². The molecule has 0 N–H and O–H groups in total. The average molecular weight is 489 g/mol. The van der Waals surface area contributed by atoms with Crippen LogP contribution in [0.5, 0.6) is 0 Å². The van der Waals surface area contributed by atoms with E-state index in [1.165, 1.54) is 22.3 Å². The zero-order chi connectivity index (χ0) is 24.9. The van der Waals surface area contributed by atoms with Crippen LogP contribution in [0.1, 0.15) is 42.9 Å². The molecule has 0 spiro atoms. The number of carbonyl (C=O) groups excluding carboxylic acids is 1. The van der Waals surface area contributed by atoms with Crippen molar-refractivity contribution in [2.24, 2.45) is 5.92 Å². The van der Waals surface area contributed by atoms with Gasteiger partial charge in [0, 0.05) is 38.4 Å². The Labute approximate surface area is 213 Å². The summed E-state index contributed by atoms with van der Waals surface area (Å²) in [5.41, 5.74) is 5.79. The van der Waals surface area contributed by atoms with E-state index >= 15 is 0 Å². The standard InChI is InChI=1S/C30H36N2O4/c1-21-26(12-11-23-5-3-15-31-28(21)23)22-7-9-24(10-8-22)29(36-20-19-34-2)25-13-16-32(17-14-25)30(33)27-6-4-18-35-27/h3,5,7-12,15,25,27,29H,4,6,13-14,16-20H2,1-2H3. The van der Waals surface area contributed by atoms with E-state index in [2.05, 4.69) is 54.4 Å². The molecule has 6 nitrogen and oxygen atoms in total. The zero-order valence-electron chi connectivity index (χ0n) is 21.3. The van der Waals surface area contributed by atoms with Gasteiger partial charge in [-0.15, -0.1) is 0 Å². The van der Waals surface area contributed by atoms with E-state index < -0.39 is 0 Å². The Morgan fingerprint density at radius 2 is 1.89 bits per heavy atom. The molecule has 36 heavy (non-hydrogen) atoms. The van der Waals surface area contributed by atoms with Gasteiger partial charge in [-0.25, -0.2) is 0 Å². The predicted molar refractivity (Wildman–Crippen MR) is 141 cm³/mol. The van der Waals surface area contributed by atoms with Crippen molar-refractivity contribution in [3.8, 4) is 11.1 Å². The van der Waals surface area contributed by atoms with Gasteiger partial charge in [0.05, 0.1) is 24.8 Å². The summed E-state index contributed by atoms with van der Waals surface area (Å²) in [4.78, 5) is 19.4. The van der Waals surface area contributed by atoms with Crippen LogP contribution in [0.2, 0.25) is 0 Å². The molecule has 2 aliphatic rings. The summed E-state index contributed by atoms with van der Waals surface area (Å²) in [6.07, 6.45) is 5.27. The normalized spacial score (nSPS) is 19.6. The average Bonchev–Trinajstić information content (AvgIpc) is 3.47. The van der Waals surface area contributed by atoms with E-state index in [0.29, 0.717) is 25.7 Å². The molecule has 2 fully saturated rings. The summed E-state index contributed by atoms with van der Waals surface area (Å²) in [5, 5.41) is 1.16. The molecular weight excluding hydrogens is 452 g/mol. The molecule has 2 unspecified atom stereocenters. The fourth-order valence-electron chi connectivity index (χ4n) is 5.62. The molecule has 3 aromatic rings. The quantitative estimate of drug-likeness (QED) is 0.401. The van der Waals surface area contributed by atoms with Crippen LogP contribution < -0.4 is 0 Å². The van der Waals surface area contributed by atoms with Crippen LogP contribution in [-0.2, 0) is 19.0 Å². The van der Waals surface area contributed by atoms with E-state index in [0.717, 1.165) is 49.7 Å². The molecule has 6 heteroatoms. The van der Waals surface area contributed by atoms with Crippen molar-refractivity contribution >= 4 is 16.8 Å². The van der Waals surface area contributed by atoms with E-state index in [4.69, 9.17) is 14.2 Å². The number of methoxy groups -OCH3 is 1. The number of pyridine rings is 1. The minimum atomic E-state index is -0.239. The van der Waals surface area contributed by atoms with Crippen LogP contribution in [0, 0.1) is 12.8 Å². The third-order valence-electron chi connectivity index (χ3n) is 7.65.